The molecule has 0 fully saturated rings. The first-order chi connectivity index (χ1) is 7.38. The molecular weight excluding hydrogens is 242 g/mol. The summed E-state index contributed by atoms with van der Waals surface area (Å²) in [6.07, 6.45) is -0.567. The van der Waals surface area contributed by atoms with Crippen molar-refractivity contribution < 1.29 is 9.32 Å². The lowest BCUT2D eigenvalue weighted by Gasteiger charge is -2.22. The Balaban J connectivity index is 2.35. The second-order valence-corrected chi connectivity index (χ2v) is 7.40. The van der Waals surface area contributed by atoms with Gasteiger partial charge in [0.05, 0.1) is 26.9 Å². The van der Waals surface area contributed by atoms with E-state index in [-0.39, 0.29) is 5.54 Å². The Kier molecular flexibility index (Phi) is 5.11. The minimum atomic E-state index is -1.08. The summed E-state index contributed by atoms with van der Waals surface area (Å²) >= 11 is 1.46. The largest absolute Gasteiger partial charge is 0.391 e. The van der Waals surface area contributed by atoms with Crippen molar-refractivity contribution in [1.29, 1.82) is 0 Å². The molecule has 1 heterocycles. The summed E-state index contributed by atoms with van der Waals surface area (Å²) < 4.78 is 12.6. The van der Waals surface area contributed by atoms with Gasteiger partial charge in [-0.2, -0.15) is 0 Å². The van der Waals surface area contributed by atoms with E-state index in [1.165, 1.54) is 11.3 Å². The minimum absolute atomic E-state index is 0.0224. The predicted molar refractivity (Wildman–Crippen MR) is 69.4 cm³/mol. The molecule has 2 atom stereocenters. The van der Waals surface area contributed by atoms with Gasteiger partial charge in [-0.15, -0.1) is 11.3 Å². The Labute approximate surface area is 103 Å². The highest BCUT2D eigenvalue weighted by molar-refractivity contribution is 7.87. The van der Waals surface area contributed by atoms with Gasteiger partial charge in [0, 0.05) is 12.1 Å². The minimum Gasteiger partial charge on any atom is -0.391 e. The summed E-state index contributed by atoms with van der Waals surface area (Å²) in [4.78, 5) is 0. The van der Waals surface area contributed by atoms with Gasteiger partial charge in [0.2, 0.25) is 0 Å². The molecule has 1 aromatic rings. The fraction of sp³-hybridized carbons (Fsp3) is 0.636. The van der Waals surface area contributed by atoms with Crippen LogP contribution in [0.2, 0.25) is 0 Å². The van der Waals surface area contributed by atoms with Crippen molar-refractivity contribution in [2.45, 2.75) is 36.6 Å². The van der Waals surface area contributed by atoms with Gasteiger partial charge in [-0.1, -0.05) is 6.07 Å². The van der Waals surface area contributed by atoms with Crippen LogP contribution >= 0.6 is 11.3 Å². The predicted octanol–water partition coefficient (Wildman–Crippen LogP) is 1.60. The first kappa shape index (κ1) is 13.8. The van der Waals surface area contributed by atoms with Crippen LogP contribution in [0.15, 0.2) is 21.7 Å². The molecule has 0 aliphatic rings. The van der Waals surface area contributed by atoms with Crippen LogP contribution in [-0.2, 0) is 10.8 Å². The van der Waals surface area contributed by atoms with Gasteiger partial charge in [0.15, 0.2) is 0 Å². The quantitative estimate of drug-likeness (QED) is 0.846. The SMILES string of the molecule is CC(C)(C)NCC(O)CS(=O)c1cccs1. The van der Waals surface area contributed by atoms with Crippen LogP contribution in [-0.4, -0.2) is 33.3 Å². The number of rotatable bonds is 5. The Morgan fingerprint density at radius 1 is 1.56 bits per heavy atom. The molecule has 2 N–H and O–H groups in total. The van der Waals surface area contributed by atoms with E-state index in [0.717, 1.165) is 4.21 Å². The summed E-state index contributed by atoms with van der Waals surface area (Å²) in [6, 6.07) is 3.71. The Bertz CT molecular complexity index is 330. The maximum atomic E-state index is 11.8. The standard InChI is InChI=1S/C11H19NO2S2/c1-11(2,3)12-7-9(13)8-16(14)10-5-4-6-15-10/h4-6,9,12-13H,7-8H2,1-3H3. The molecule has 0 amide bonds. The molecule has 16 heavy (non-hydrogen) atoms. The molecule has 0 saturated carbocycles. The number of hydrogen-bond donors (Lipinski definition) is 2. The van der Waals surface area contributed by atoms with Crippen molar-refractivity contribution in [1.82, 2.24) is 5.32 Å². The molecule has 0 spiro atoms. The van der Waals surface area contributed by atoms with Crippen LogP contribution in [0.5, 0.6) is 0 Å². The molecule has 92 valence electrons. The first-order valence-electron chi connectivity index (χ1n) is 5.23. The fourth-order valence-corrected chi connectivity index (χ4v) is 3.24. The highest BCUT2D eigenvalue weighted by atomic mass is 32.2. The van der Waals surface area contributed by atoms with Crippen molar-refractivity contribution in [3.63, 3.8) is 0 Å². The molecule has 0 aromatic carbocycles. The number of β-amino-alcohol motifs (C(OH)–C–C–N with tert-alkyl or cyclic N) is 1. The molecule has 0 aliphatic carbocycles. The van der Waals surface area contributed by atoms with E-state index in [9.17, 15) is 9.32 Å². The zero-order valence-electron chi connectivity index (χ0n) is 9.90. The summed E-state index contributed by atoms with van der Waals surface area (Å²) in [5.74, 6) is 0.295. The van der Waals surface area contributed by atoms with E-state index in [1.807, 2.05) is 38.3 Å². The second-order valence-electron chi connectivity index (χ2n) is 4.73. The van der Waals surface area contributed by atoms with Crippen molar-refractivity contribution in [3.05, 3.63) is 17.5 Å². The van der Waals surface area contributed by atoms with Crippen molar-refractivity contribution in [2.24, 2.45) is 0 Å². The van der Waals surface area contributed by atoms with Gasteiger partial charge in [0.25, 0.3) is 0 Å². The average molecular weight is 261 g/mol. The van der Waals surface area contributed by atoms with Crippen LogP contribution in [0.4, 0.5) is 0 Å². The fourth-order valence-electron chi connectivity index (χ4n) is 1.13. The summed E-state index contributed by atoms with van der Waals surface area (Å²) in [6.45, 7) is 6.59. The third kappa shape index (κ3) is 5.21. The number of hydrogen-bond acceptors (Lipinski definition) is 4. The number of aliphatic hydroxyl groups is 1. The van der Waals surface area contributed by atoms with Crippen molar-refractivity contribution in [2.75, 3.05) is 12.3 Å². The van der Waals surface area contributed by atoms with Gasteiger partial charge < -0.3 is 10.4 Å². The highest BCUT2D eigenvalue weighted by Gasteiger charge is 2.15. The smallest absolute Gasteiger partial charge is 0.0911 e. The second kappa shape index (κ2) is 5.91. The molecule has 3 nitrogen and oxygen atoms in total. The van der Waals surface area contributed by atoms with Crippen LogP contribution in [0, 0.1) is 0 Å². The van der Waals surface area contributed by atoms with Crippen molar-refractivity contribution in [3.8, 4) is 0 Å². The van der Waals surface area contributed by atoms with E-state index in [2.05, 4.69) is 5.32 Å². The molecule has 0 aliphatic heterocycles. The first-order valence-corrected chi connectivity index (χ1v) is 7.43. The lowest BCUT2D eigenvalue weighted by Crippen LogP contribution is -2.42. The highest BCUT2D eigenvalue weighted by Crippen LogP contribution is 2.14. The molecule has 0 radical (unpaired) electrons. The lowest BCUT2D eigenvalue weighted by atomic mass is 10.1. The topological polar surface area (TPSA) is 49.3 Å². The van der Waals surface area contributed by atoms with Gasteiger partial charge >= 0.3 is 0 Å². The van der Waals surface area contributed by atoms with Gasteiger partial charge in [0.1, 0.15) is 0 Å². The molecule has 5 heteroatoms. The monoisotopic (exact) mass is 261 g/mol. The molecule has 0 bridgehead atoms. The zero-order valence-corrected chi connectivity index (χ0v) is 11.5. The normalized spacial score (nSPS) is 16.0. The van der Waals surface area contributed by atoms with E-state index in [1.54, 1.807) is 0 Å². The van der Waals surface area contributed by atoms with Crippen LogP contribution in [0.25, 0.3) is 0 Å². The van der Waals surface area contributed by atoms with Gasteiger partial charge in [-0.3, -0.25) is 4.21 Å². The van der Waals surface area contributed by atoms with E-state index < -0.39 is 16.9 Å². The molecule has 1 rings (SSSR count). The Hall–Kier alpha value is -0.230. The third-order valence-electron chi connectivity index (χ3n) is 1.93. The lowest BCUT2D eigenvalue weighted by molar-refractivity contribution is 0.182. The number of nitrogens with one attached hydrogen (secondary N) is 1. The van der Waals surface area contributed by atoms with Gasteiger partial charge in [-0.05, 0) is 32.2 Å². The molecule has 0 saturated heterocycles. The summed E-state index contributed by atoms with van der Waals surface area (Å²) in [5.41, 5.74) is -0.0224. The number of thiophene rings is 1. The third-order valence-corrected chi connectivity index (χ3v) is 4.71. The Morgan fingerprint density at radius 3 is 2.75 bits per heavy atom. The molecule has 1 aromatic heterocycles. The van der Waals surface area contributed by atoms with Crippen molar-refractivity contribution >= 4 is 22.1 Å². The van der Waals surface area contributed by atoms with E-state index in [4.69, 9.17) is 0 Å². The van der Waals surface area contributed by atoms with Crippen LogP contribution < -0.4 is 5.32 Å². The molecular formula is C11H19NO2S2. The van der Waals surface area contributed by atoms with Crippen LogP contribution in [0.3, 0.4) is 0 Å². The Morgan fingerprint density at radius 2 is 2.25 bits per heavy atom. The summed E-state index contributed by atoms with van der Waals surface area (Å²) in [7, 11) is -1.08. The molecule has 2 unspecified atom stereocenters. The number of aliphatic hydroxyl groups excluding tert-OH is 1. The van der Waals surface area contributed by atoms with E-state index in [0.29, 0.717) is 12.3 Å². The van der Waals surface area contributed by atoms with Gasteiger partial charge in [-0.25, -0.2) is 0 Å². The summed E-state index contributed by atoms with van der Waals surface area (Å²) in [5, 5.41) is 14.8. The maximum absolute atomic E-state index is 11.8. The van der Waals surface area contributed by atoms with E-state index >= 15 is 0 Å². The zero-order chi connectivity index (χ0) is 12.2. The average Bonchev–Trinajstić information content (AvgIpc) is 2.66. The maximum Gasteiger partial charge on any atom is 0.0911 e. The van der Waals surface area contributed by atoms with Crippen LogP contribution in [0.1, 0.15) is 20.8 Å².